The zero-order chi connectivity index (χ0) is 17.8. The standard InChI is InChI=1S/C19H14Cl2N2O2/c20-15-7-6-14(10-16(15)21)17(24)11-19-22-8-9-23(19)12-18(25)13-4-2-1-3-5-13/h1-10H,11-12H2. The molecule has 0 unspecified atom stereocenters. The van der Waals surface area contributed by atoms with Crippen molar-refractivity contribution in [3.8, 4) is 0 Å². The number of rotatable bonds is 6. The highest BCUT2D eigenvalue weighted by atomic mass is 35.5. The molecule has 0 aliphatic carbocycles. The van der Waals surface area contributed by atoms with Gasteiger partial charge in [0.1, 0.15) is 5.82 Å². The second-order valence-corrected chi connectivity index (χ2v) is 6.30. The maximum absolute atomic E-state index is 12.4. The number of aromatic nitrogens is 2. The number of nitrogens with zero attached hydrogens (tertiary/aromatic N) is 2. The molecule has 0 bridgehead atoms. The highest BCUT2D eigenvalue weighted by molar-refractivity contribution is 6.42. The van der Waals surface area contributed by atoms with Crippen LogP contribution in [0.4, 0.5) is 0 Å². The predicted octanol–water partition coefficient (Wildman–Crippen LogP) is 4.50. The van der Waals surface area contributed by atoms with Crippen molar-refractivity contribution in [3.63, 3.8) is 0 Å². The third kappa shape index (κ3) is 4.16. The Balaban J connectivity index is 1.74. The summed E-state index contributed by atoms with van der Waals surface area (Å²) in [4.78, 5) is 29.0. The summed E-state index contributed by atoms with van der Waals surface area (Å²) in [5, 5.41) is 0.725. The smallest absolute Gasteiger partial charge is 0.182 e. The maximum atomic E-state index is 12.4. The summed E-state index contributed by atoms with van der Waals surface area (Å²) in [6, 6.07) is 13.8. The summed E-state index contributed by atoms with van der Waals surface area (Å²) in [5.74, 6) is 0.348. The number of hydrogen-bond acceptors (Lipinski definition) is 3. The van der Waals surface area contributed by atoms with E-state index in [0.717, 1.165) is 0 Å². The van der Waals surface area contributed by atoms with Gasteiger partial charge in [-0.1, -0.05) is 53.5 Å². The fourth-order valence-corrected chi connectivity index (χ4v) is 2.73. The van der Waals surface area contributed by atoms with Crippen molar-refractivity contribution in [3.05, 3.63) is 87.9 Å². The molecule has 0 atom stereocenters. The number of carbonyl (C=O) groups is 2. The summed E-state index contributed by atoms with van der Waals surface area (Å²) in [6.07, 6.45) is 3.35. The van der Waals surface area contributed by atoms with Crippen molar-refractivity contribution in [1.82, 2.24) is 9.55 Å². The fraction of sp³-hybridized carbons (Fsp3) is 0.105. The van der Waals surface area contributed by atoms with E-state index in [1.54, 1.807) is 41.2 Å². The Morgan fingerprint density at radius 2 is 1.68 bits per heavy atom. The maximum Gasteiger partial charge on any atom is 0.182 e. The number of ketones is 2. The van der Waals surface area contributed by atoms with Crippen LogP contribution in [-0.4, -0.2) is 21.1 Å². The molecule has 25 heavy (non-hydrogen) atoms. The van der Waals surface area contributed by atoms with Crippen LogP contribution in [0.25, 0.3) is 0 Å². The number of imidazole rings is 1. The molecular weight excluding hydrogens is 359 g/mol. The number of hydrogen-bond donors (Lipinski definition) is 0. The Hall–Kier alpha value is -2.43. The average Bonchev–Trinajstić information content (AvgIpc) is 3.04. The molecule has 0 aliphatic heterocycles. The van der Waals surface area contributed by atoms with Gasteiger partial charge in [-0.3, -0.25) is 9.59 Å². The van der Waals surface area contributed by atoms with Gasteiger partial charge in [0.05, 0.1) is 23.0 Å². The van der Waals surface area contributed by atoms with Crippen molar-refractivity contribution in [2.45, 2.75) is 13.0 Å². The van der Waals surface area contributed by atoms with Gasteiger partial charge >= 0.3 is 0 Å². The Bertz CT molecular complexity index is 920. The molecule has 126 valence electrons. The van der Waals surface area contributed by atoms with E-state index in [-0.39, 0.29) is 24.5 Å². The largest absolute Gasteiger partial charge is 0.327 e. The Morgan fingerprint density at radius 1 is 0.920 bits per heavy atom. The Kier molecular flexibility index (Phi) is 5.31. The highest BCUT2D eigenvalue weighted by Crippen LogP contribution is 2.23. The minimum atomic E-state index is -0.141. The topological polar surface area (TPSA) is 52.0 Å². The quantitative estimate of drug-likeness (QED) is 0.598. The molecule has 0 radical (unpaired) electrons. The number of benzene rings is 2. The molecule has 0 N–H and O–H groups in total. The molecule has 0 spiro atoms. The molecule has 1 heterocycles. The van der Waals surface area contributed by atoms with E-state index in [1.165, 1.54) is 6.07 Å². The summed E-state index contributed by atoms with van der Waals surface area (Å²) in [6.45, 7) is 0.133. The van der Waals surface area contributed by atoms with Crippen LogP contribution in [0.15, 0.2) is 60.9 Å². The average molecular weight is 373 g/mol. The molecule has 1 aromatic heterocycles. The van der Waals surface area contributed by atoms with Gasteiger partial charge in [-0.2, -0.15) is 0 Å². The second-order valence-electron chi connectivity index (χ2n) is 5.49. The molecule has 3 aromatic rings. The minimum absolute atomic E-state index is 0.0400. The van der Waals surface area contributed by atoms with Crippen molar-refractivity contribution in [2.75, 3.05) is 0 Å². The van der Waals surface area contributed by atoms with E-state index < -0.39 is 0 Å². The summed E-state index contributed by atoms with van der Waals surface area (Å²) < 4.78 is 1.69. The first-order chi connectivity index (χ1) is 12.0. The van der Waals surface area contributed by atoms with Gasteiger partial charge in [-0.15, -0.1) is 0 Å². The van der Waals surface area contributed by atoms with Crippen molar-refractivity contribution in [2.24, 2.45) is 0 Å². The zero-order valence-corrected chi connectivity index (χ0v) is 14.7. The number of halogens is 2. The van der Waals surface area contributed by atoms with E-state index in [9.17, 15) is 9.59 Å². The minimum Gasteiger partial charge on any atom is -0.327 e. The monoisotopic (exact) mass is 372 g/mol. The van der Waals surface area contributed by atoms with E-state index in [1.807, 2.05) is 18.2 Å². The highest BCUT2D eigenvalue weighted by Gasteiger charge is 2.15. The predicted molar refractivity (Wildman–Crippen MR) is 97.5 cm³/mol. The van der Waals surface area contributed by atoms with Crippen LogP contribution in [0, 0.1) is 0 Å². The Labute approximate surface area is 155 Å². The first kappa shape index (κ1) is 17.4. The van der Waals surface area contributed by atoms with Gasteiger partial charge in [0.2, 0.25) is 0 Å². The summed E-state index contributed by atoms with van der Waals surface area (Å²) in [5.41, 5.74) is 1.08. The van der Waals surface area contributed by atoms with Gasteiger partial charge in [0.15, 0.2) is 11.6 Å². The van der Waals surface area contributed by atoms with Gasteiger partial charge in [0, 0.05) is 23.5 Å². The third-order valence-corrected chi connectivity index (χ3v) is 4.51. The normalized spacial score (nSPS) is 10.6. The van der Waals surface area contributed by atoms with E-state index in [2.05, 4.69) is 4.98 Å². The molecule has 0 saturated carbocycles. The van der Waals surface area contributed by atoms with Gasteiger partial charge in [0.25, 0.3) is 0 Å². The van der Waals surface area contributed by atoms with Crippen LogP contribution in [0.2, 0.25) is 10.0 Å². The summed E-state index contributed by atoms with van der Waals surface area (Å²) >= 11 is 11.8. The van der Waals surface area contributed by atoms with E-state index in [4.69, 9.17) is 23.2 Å². The second kappa shape index (κ2) is 7.64. The van der Waals surface area contributed by atoms with E-state index >= 15 is 0 Å². The fourth-order valence-electron chi connectivity index (χ4n) is 2.44. The van der Waals surface area contributed by atoms with Crippen LogP contribution in [0.3, 0.4) is 0 Å². The first-order valence-electron chi connectivity index (χ1n) is 7.61. The van der Waals surface area contributed by atoms with Gasteiger partial charge < -0.3 is 4.57 Å². The SMILES string of the molecule is O=C(Cc1nccn1CC(=O)c1ccccc1)c1ccc(Cl)c(Cl)c1. The van der Waals surface area contributed by atoms with Crippen molar-refractivity contribution >= 4 is 34.8 Å². The molecule has 0 saturated heterocycles. The van der Waals surface area contributed by atoms with E-state index in [0.29, 0.717) is 27.0 Å². The van der Waals surface area contributed by atoms with Crippen LogP contribution in [0.1, 0.15) is 26.5 Å². The van der Waals surface area contributed by atoms with Crippen molar-refractivity contribution in [1.29, 1.82) is 0 Å². The van der Waals surface area contributed by atoms with Crippen molar-refractivity contribution < 1.29 is 9.59 Å². The lowest BCUT2D eigenvalue weighted by atomic mass is 10.1. The van der Waals surface area contributed by atoms with Crippen LogP contribution >= 0.6 is 23.2 Å². The van der Waals surface area contributed by atoms with Gasteiger partial charge in [-0.05, 0) is 18.2 Å². The molecule has 2 aromatic carbocycles. The zero-order valence-electron chi connectivity index (χ0n) is 13.2. The van der Waals surface area contributed by atoms with Gasteiger partial charge in [-0.25, -0.2) is 4.98 Å². The lowest BCUT2D eigenvalue weighted by Crippen LogP contribution is -2.15. The molecule has 0 amide bonds. The lowest BCUT2D eigenvalue weighted by Gasteiger charge is -2.07. The van der Waals surface area contributed by atoms with Crippen LogP contribution < -0.4 is 0 Å². The molecule has 4 nitrogen and oxygen atoms in total. The van der Waals surface area contributed by atoms with Crippen LogP contribution in [-0.2, 0) is 13.0 Å². The molecule has 0 aliphatic rings. The molecule has 6 heteroatoms. The number of carbonyl (C=O) groups excluding carboxylic acids is 2. The summed E-state index contributed by atoms with van der Waals surface area (Å²) in [7, 11) is 0. The molecule has 0 fully saturated rings. The van der Waals surface area contributed by atoms with Crippen LogP contribution in [0.5, 0.6) is 0 Å². The first-order valence-corrected chi connectivity index (χ1v) is 8.36. The molecular formula is C19H14Cl2N2O2. The number of Topliss-reactive ketones (excluding diaryl/α,β-unsaturated/α-hetero) is 2. The molecule has 3 rings (SSSR count). The Morgan fingerprint density at radius 3 is 2.40 bits per heavy atom. The third-order valence-electron chi connectivity index (χ3n) is 3.77. The lowest BCUT2D eigenvalue weighted by molar-refractivity contribution is 0.0958.